The van der Waals surface area contributed by atoms with Gasteiger partial charge in [0.1, 0.15) is 0 Å². The molecule has 0 saturated heterocycles. The Bertz CT molecular complexity index is 442. The summed E-state index contributed by atoms with van der Waals surface area (Å²) in [6.07, 6.45) is 2.74. The first-order valence-electron chi connectivity index (χ1n) is 7.72. The van der Waals surface area contributed by atoms with Crippen LogP contribution in [-0.4, -0.2) is 22.5 Å². The zero-order valence-corrected chi connectivity index (χ0v) is 12.7. The lowest BCUT2D eigenvalue weighted by molar-refractivity contribution is -0.199. The van der Waals surface area contributed by atoms with Crippen LogP contribution in [0.1, 0.15) is 50.6 Å². The molecular weight excluding hydrogens is 279 g/mol. The van der Waals surface area contributed by atoms with Crippen LogP contribution in [-0.2, 0) is 7.05 Å². The molecule has 1 heterocycles. The molecule has 0 spiro atoms. The zero-order valence-electron chi connectivity index (χ0n) is 12.7. The second kappa shape index (κ2) is 6.81. The molecule has 1 aliphatic carbocycles. The molecule has 1 N–H and O–H groups in total. The van der Waals surface area contributed by atoms with Crippen LogP contribution in [0.3, 0.4) is 0 Å². The van der Waals surface area contributed by atoms with Gasteiger partial charge in [-0.15, -0.1) is 0 Å². The van der Waals surface area contributed by atoms with Crippen molar-refractivity contribution in [3.05, 3.63) is 18.0 Å². The Morgan fingerprint density at radius 2 is 2.10 bits per heavy atom. The highest BCUT2D eigenvalue weighted by atomic mass is 19.4. The van der Waals surface area contributed by atoms with E-state index in [-0.39, 0.29) is 12.5 Å². The predicted molar refractivity (Wildman–Crippen MR) is 75.7 cm³/mol. The summed E-state index contributed by atoms with van der Waals surface area (Å²) < 4.78 is 41.7. The molecule has 120 valence electrons. The van der Waals surface area contributed by atoms with Crippen molar-refractivity contribution in [2.24, 2.45) is 18.9 Å². The summed E-state index contributed by atoms with van der Waals surface area (Å²) in [6.45, 7) is 2.75. The van der Waals surface area contributed by atoms with Gasteiger partial charge in [-0.1, -0.05) is 19.8 Å². The Morgan fingerprint density at radius 3 is 2.67 bits per heavy atom. The number of rotatable bonds is 5. The minimum Gasteiger partial charge on any atom is -0.310 e. The summed E-state index contributed by atoms with van der Waals surface area (Å²) in [6, 6.07) is -0.259. The molecule has 0 aromatic carbocycles. The summed E-state index contributed by atoms with van der Waals surface area (Å²) in [5, 5.41) is 7.44. The van der Waals surface area contributed by atoms with E-state index in [0.29, 0.717) is 12.8 Å². The molecule has 1 aliphatic rings. The fourth-order valence-electron chi connectivity index (χ4n) is 3.38. The molecule has 0 bridgehead atoms. The van der Waals surface area contributed by atoms with Gasteiger partial charge in [0.25, 0.3) is 0 Å². The molecule has 3 unspecified atom stereocenters. The van der Waals surface area contributed by atoms with Crippen LogP contribution in [0.5, 0.6) is 0 Å². The lowest BCUT2D eigenvalue weighted by atomic mass is 9.73. The predicted octanol–water partition coefficient (Wildman–Crippen LogP) is 3.83. The molecule has 0 aliphatic heterocycles. The van der Waals surface area contributed by atoms with Crippen LogP contribution in [0.4, 0.5) is 13.2 Å². The van der Waals surface area contributed by atoms with E-state index in [1.54, 1.807) is 17.9 Å². The molecule has 1 saturated carbocycles. The first-order valence-corrected chi connectivity index (χ1v) is 7.72. The number of aryl methyl sites for hydroxylation is 1. The van der Waals surface area contributed by atoms with Crippen molar-refractivity contribution >= 4 is 0 Å². The van der Waals surface area contributed by atoms with Crippen LogP contribution in [0.25, 0.3) is 0 Å². The van der Waals surface area contributed by atoms with E-state index in [1.807, 2.05) is 13.1 Å². The SMILES string of the molecule is CCCNC(c1cnn(C)c1)C1CCCCC1C(F)(F)F. The minimum absolute atomic E-state index is 0.249. The number of hydrogen-bond donors (Lipinski definition) is 1. The van der Waals surface area contributed by atoms with Crippen molar-refractivity contribution in [1.82, 2.24) is 15.1 Å². The van der Waals surface area contributed by atoms with E-state index in [0.717, 1.165) is 24.9 Å². The smallest absolute Gasteiger partial charge is 0.310 e. The van der Waals surface area contributed by atoms with E-state index < -0.39 is 18.0 Å². The zero-order chi connectivity index (χ0) is 15.5. The molecule has 1 aromatic rings. The molecule has 6 heteroatoms. The van der Waals surface area contributed by atoms with Crippen molar-refractivity contribution in [1.29, 1.82) is 0 Å². The third-order valence-corrected chi connectivity index (χ3v) is 4.37. The van der Waals surface area contributed by atoms with Gasteiger partial charge in [0.05, 0.1) is 12.1 Å². The summed E-state index contributed by atoms with van der Waals surface area (Å²) in [5.74, 6) is -1.60. The van der Waals surface area contributed by atoms with Crippen molar-refractivity contribution in [2.75, 3.05) is 6.54 Å². The molecule has 21 heavy (non-hydrogen) atoms. The highest BCUT2D eigenvalue weighted by molar-refractivity contribution is 5.13. The summed E-state index contributed by atoms with van der Waals surface area (Å²) >= 11 is 0. The van der Waals surface area contributed by atoms with Crippen LogP contribution in [0.15, 0.2) is 12.4 Å². The van der Waals surface area contributed by atoms with Crippen LogP contribution < -0.4 is 5.32 Å². The fourth-order valence-corrected chi connectivity index (χ4v) is 3.38. The molecule has 1 fully saturated rings. The van der Waals surface area contributed by atoms with Gasteiger partial charge in [-0.05, 0) is 31.7 Å². The van der Waals surface area contributed by atoms with E-state index in [9.17, 15) is 13.2 Å². The molecule has 0 radical (unpaired) electrons. The van der Waals surface area contributed by atoms with Gasteiger partial charge in [-0.3, -0.25) is 4.68 Å². The topological polar surface area (TPSA) is 29.9 Å². The lowest BCUT2D eigenvalue weighted by Crippen LogP contribution is -2.41. The Balaban J connectivity index is 2.24. The normalized spacial score (nSPS) is 25.0. The van der Waals surface area contributed by atoms with Gasteiger partial charge in [-0.25, -0.2) is 0 Å². The maximum absolute atomic E-state index is 13.3. The first kappa shape index (κ1) is 16.3. The van der Waals surface area contributed by atoms with Gasteiger partial charge in [-0.2, -0.15) is 18.3 Å². The quantitative estimate of drug-likeness (QED) is 0.896. The first-order chi connectivity index (χ1) is 9.93. The molecule has 1 aromatic heterocycles. The van der Waals surface area contributed by atoms with Crippen LogP contribution >= 0.6 is 0 Å². The second-order valence-corrected chi connectivity index (χ2v) is 5.98. The van der Waals surface area contributed by atoms with E-state index >= 15 is 0 Å². The molecular formula is C15H24F3N3. The van der Waals surface area contributed by atoms with Crippen molar-refractivity contribution in [3.8, 4) is 0 Å². The van der Waals surface area contributed by atoms with E-state index in [1.165, 1.54) is 0 Å². The van der Waals surface area contributed by atoms with Gasteiger partial charge in [0.2, 0.25) is 0 Å². The summed E-state index contributed by atoms with van der Waals surface area (Å²) in [5.41, 5.74) is 0.868. The third kappa shape index (κ3) is 3.99. The van der Waals surface area contributed by atoms with Crippen LogP contribution in [0.2, 0.25) is 0 Å². The number of nitrogens with zero attached hydrogens (tertiary/aromatic N) is 2. The van der Waals surface area contributed by atoms with E-state index in [4.69, 9.17) is 0 Å². The average Bonchev–Trinajstić information content (AvgIpc) is 2.85. The number of alkyl halides is 3. The highest BCUT2D eigenvalue weighted by Crippen LogP contribution is 2.46. The average molecular weight is 303 g/mol. The third-order valence-electron chi connectivity index (χ3n) is 4.37. The molecule has 3 atom stereocenters. The van der Waals surface area contributed by atoms with Crippen molar-refractivity contribution in [2.45, 2.75) is 51.2 Å². The summed E-state index contributed by atoms with van der Waals surface area (Å²) in [4.78, 5) is 0. The van der Waals surface area contributed by atoms with Gasteiger partial charge in [0, 0.05) is 24.8 Å². The fraction of sp³-hybridized carbons (Fsp3) is 0.800. The lowest BCUT2D eigenvalue weighted by Gasteiger charge is -2.38. The van der Waals surface area contributed by atoms with E-state index in [2.05, 4.69) is 10.4 Å². The second-order valence-electron chi connectivity index (χ2n) is 5.98. The largest absolute Gasteiger partial charge is 0.392 e. The van der Waals surface area contributed by atoms with Crippen LogP contribution in [0, 0.1) is 11.8 Å². The molecule has 0 amide bonds. The number of halogens is 3. The Labute approximate surface area is 123 Å². The highest BCUT2D eigenvalue weighted by Gasteiger charge is 2.48. The Kier molecular flexibility index (Phi) is 5.30. The standard InChI is InChI=1S/C15H24F3N3/c1-3-8-19-14(11-9-20-21(2)10-11)12-6-4-5-7-13(12)15(16,17)18/h9-10,12-14,19H,3-8H2,1-2H3. The monoisotopic (exact) mass is 303 g/mol. The number of nitrogens with one attached hydrogen (secondary N) is 1. The molecule has 3 nitrogen and oxygen atoms in total. The Morgan fingerprint density at radius 1 is 1.38 bits per heavy atom. The number of hydrogen-bond acceptors (Lipinski definition) is 2. The minimum atomic E-state index is -4.11. The van der Waals surface area contributed by atoms with Gasteiger partial charge >= 0.3 is 6.18 Å². The Hall–Kier alpha value is -1.04. The summed E-state index contributed by atoms with van der Waals surface area (Å²) in [7, 11) is 1.79. The van der Waals surface area contributed by atoms with Crippen molar-refractivity contribution in [3.63, 3.8) is 0 Å². The maximum atomic E-state index is 13.3. The van der Waals surface area contributed by atoms with Crippen molar-refractivity contribution < 1.29 is 13.2 Å². The number of aromatic nitrogens is 2. The maximum Gasteiger partial charge on any atom is 0.392 e. The molecule has 2 rings (SSSR count). The van der Waals surface area contributed by atoms with Gasteiger partial charge in [0.15, 0.2) is 0 Å². The van der Waals surface area contributed by atoms with Gasteiger partial charge < -0.3 is 5.32 Å².